The third-order valence-electron chi connectivity index (χ3n) is 1.69. The average Bonchev–Trinajstić information content (AvgIpc) is 2.16. The zero-order valence-corrected chi connectivity index (χ0v) is 8.88. The number of alkyl halides is 2. The summed E-state index contributed by atoms with van der Waals surface area (Å²) >= 11 is 2.98. The van der Waals surface area contributed by atoms with Crippen LogP contribution in [0.3, 0.4) is 0 Å². The Kier molecular flexibility index (Phi) is 3.77. The molecule has 0 saturated heterocycles. The molecular weight excluding hydrogens is 260 g/mol. The van der Waals surface area contributed by atoms with E-state index in [1.807, 2.05) is 0 Å². The number of nitrogens with zero attached hydrogens (tertiary/aromatic N) is 1. The largest absolute Gasteiger partial charge is 0.481 e. The van der Waals surface area contributed by atoms with E-state index in [9.17, 15) is 8.78 Å². The lowest BCUT2D eigenvalue weighted by Gasteiger charge is -2.09. The molecule has 6 heteroatoms. The molecular formula is C8H8BrF2NO2. The summed E-state index contributed by atoms with van der Waals surface area (Å²) in [4.78, 5) is 3.81. The fraction of sp³-hybridized carbons (Fsp3) is 0.375. The molecule has 1 aromatic heterocycles. The molecule has 0 aromatic carbocycles. The summed E-state index contributed by atoms with van der Waals surface area (Å²) in [7, 11) is 1.34. The van der Waals surface area contributed by atoms with Crippen LogP contribution in [-0.2, 0) is 6.61 Å². The fourth-order valence-electron chi connectivity index (χ4n) is 0.992. The van der Waals surface area contributed by atoms with Gasteiger partial charge in [0.1, 0.15) is 4.60 Å². The number of rotatable bonds is 3. The Labute approximate surface area is 87.9 Å². The van der Waals surface area contributed by atoms with Gasteiger partial charge in [0.05, 0.1) is 13.7 Å². The number of aliphatic hydroxyl groups is 1. The van der Waals surface area contributed by atoms with Gasteiger partial charge in [0.15, 0.2) is 0 Å². The van der Waals surface area contributed by atoms with Gasteiger partial charge in [-0.2, -0.15) is 0 Å². The molecule has 3 nitrogen and oxygen atoms in total. The van der Waals surface area contributed by atoms with Gasteiger partial charge >= 0.3 is 0 Å². The Bertz CT molecular complexity index is 333. The number of aromatic nitrogens is 1. The van der Waals surface area contributed by atoms with Gasteiger partial charge in [0, 0.05) is 17.2 Å². The maximum atomic E-state index is 12.5. The molecule has 0 aliphatic carbocycles. The van der Waals surface area contributed by atoms with Crippen molar-refractivity contribution >= 4 is 15.9 Å². The fourth-order valence-corrected chi connectivity index (χ4v) is 1.52. The quantitative estimate of drug-likeness (QED) is 0.855. The maximum Gasteiger partial charge on any atom is 0.264 e. The van der Waals surface area contributed by atoms with Gasteiger partial charge in [-0.1, -0.05) is 0 Å². The molecule has 0 saturated carbocycles. The summed E-state index contributed by atoms with van der Waals surface area (Å²) in [5.74, 6) is 0.0874. The maximum absolute atomic E-state index is 12.5. The van der Waals surface area contributed by atoms with Gasteiger partial charge in [-0.05, 0) is 15.9 Å². The lowest BCUT2D eigenvalue weighted by Crippen LogP contribution is -2.00. The molecule has 0 fully saturated rings. The Morgan fingerprint density at radius 3 is 2.71 bits per heavy atom. The van der Waals surface area contributed by atoms with Crippen molar-refractivity contribution in [3.05, 3.63) is 21.8 Å². The van der Waals surface area contributed by atoms with Gasteiger partial charge in [0.25, 0.3) is 6.43 Å². The Morgan fingerprint density at radius 1 is 1.64 bits per heavy atom. The number of halogens is 3. The smallest absolute Gasteiger partial charge is 0.264 e. The SMILES string of the molecule is COc1cc(C(F)F)c(CO)c(Br)n1. The summed E-state index contributed by atoms with van der Waals surface area (Å²) in [6.45, 7) is -0.489. The summed E-state index contributed by atoms with van der Waals surface area (Å²) in [5.41, 5.74) is -0.188. The lowest BCUT2D eigenvalue weighted by molar-refractivity contribution is 0.146. The van der Waals surface area contributed by atoms with Crippen molar-refractivity contribution in [2.75, 3.05) is 7.11 Å². The van der Waals surface area contributed by atoms with E-state index in [1.165, 1.54) is 7.11 Å². The van der Waals surface area contributed by atoms with Crippen molar-refractivity contribution in [1.82, 2.24) is 4.98 Å². The highest BCUT2D eigenvalue weighted by molar-refractivity contribution is 9.10. The molecule has 14 heavy (non-hydrogen) atoms. The first-order valence-corrected chi connectivity index (χ1v) is 4.51. The minimum absolute atomic E-state index is 0.0841. The van der Waals surface area contributed by atoms with E-state index in [0.717, 1.165) is 6.07 Å². The molecule has 0 atom stereocenters. The highest BCUT2D eigenvalue weighted by Gasteiger charge is 2.17. The molecule has 78 valence electrons. The van der Waals surface area contributed by atoms with Crippen LogP contribution < -0.4 is 4.74 Å². The second kappa shape index (κ2) is 4.65. The van der Waals surface area contributed by atoms with E-state index < -0.39 is 13.0 Å². The van der Waals surface area contributed by atoms with Gasteiger partial charge in [-0.25, -0.2) is 13.8 Å². The monoisotopic (exact) mass is 267 g/mol. The van der Waals surface area contributed by atoms with Crippen LogP contribution in [0.2, 0.25) is 0 Å². The minimum Gasteiger partial charge on any atom is -0.481 e. The Hall–Kier alpha value is -0.750. The van der Waals surface area contributed by atoms with Crippen LogP contribution >= 0.6 is 15.9 Å². The minimum atomic E-state index is -2.66. The van der Waals surface area contributed by atoms with Gasteiger partial charge in [-0.3, -0.25) is 0 Å². The summed E-state index contributed by atoms with van der Waals surface area (Å²) in [5, 5.41) is 8.87. The second-order valence-electron chi connectivity index (χ2n) is 2.48. The zero-order valence-electron chi connectivity index (χ0n) is 7.30. The van der Waals surface area contributed by atoms with Crippen molar-refractivity contribution in [1.29, 1.82) is 0 Å². The number of methoxy groups -OCH3 is 1. The van der Waals surface area contributed by atoms with Gasteiger partial charge < -0.3 is 9.84 Å². The van der Waals surface area contributed by atoms with E-state index in [2.05, 4.69) is 20.9 Å². The van der Waals surface area contributed by atoms with Crippen molar-refractivity contribution in [3.8, 4) is 5.88 Å². The van der Waals surface area contributed by atoms with Crippen LogP contribution in [0, 0.1) is 0 Å². The van der Waals surface area contributed by atoms with Crippen molar-refractivity contribution in [2.45, 2.75) is 13.0 Å². The lowest BCUT2D eigenvalue weighted by atomic mass is 10.1. The molecule has 0 aliphatic heterocycles. The van der Waals surface area contributed by atoms with E-state index in [1.54, 1.807) is 0 Å². The average molecular weight is 268 g/mol. The first kappa shape index (κ1) is 11.3. The second-order valence-corrected chi connectivity index (χ2v) is 3.23. The van der Waals surface area contributed by atoms with E-state index >= 15 is 0 Å². The molecule has 1 heterocycles. The molecule has 0 aliphatic rings. The normalized spacial score (nSPS) is 10.7. The van der Waals surface area contributed by atoms with Crippen molar-refractivity contribution < 1.29 is 18.6 Å². The highest BCUT2D eigenvalue weighted by Crippen LogP contribution is 2.30. The first-order valence-electron chi connectivity index (χ1n) is 3.72. The first-order chi connectivity index (χ1) is 6.60. The van der Waals surface area contributed by atoms with Crippen LogP contribution in [0.5, 0.6) is 5.88 Å². The Morgan fingerprint density at radius 2 is 2.29 bits per heavy atom. The number of hydrogen-bond donors (Lipinski definition) is 1. The van der Waals surface area contributed by atoms with Crippen LogP contribution in [0.4, 0.5) is 8.78 Å². The summed E-state index contributed by atoms with van der Waals surface area (Å²) in [6, 6.07) is 1.11. The molecule has 1 rings (SSSR count). The topological polar surface area (TPSA) is 42.4 Å². The van der Waals surface area contributed by atoms with Crippen LogP contribution in [0.15, 0.2) is 10.7 Å². The van der Waals surface area contributed by atoms with E-state index in [4.69, 9.17) is 9.84 Å². The van der Waals surface area contributed by atoms with Crippen LogP contribution in [-0.4, -0.2) is 17.2 Å². The van der Waals surface area contributed by atoms with Gasteiger partial charge in [-0.15, -0.1) is 0 Å². The summed E-state index contributed by atoms with van der Waals surface area (Å²) < 4.78 is 29.9. The molecule has 0 radical (unpaired) electrons. The summed E-state index contributed by atoms with van der Waals surface area (Å²) in [6.07, 6.45) is -2.66. The molecule has 0 spiro atoms. The van der Waals surface area contributed by atoms with Crippen molar-refractivity contribution in [2.24, 2.45) is 0 Å². The third-order valence-corrected chi connectivity index (χ3v) is 2.34. The molecule has 1 N–H and O–H groups in total. The predicted octanol–water partition coefficient (Wildman–Crippen LogP) is 2.28. The van der Waals surface area contributed by atoms with E-state index in [0.29, 0.717) is 0 Å². The van der Waals surface area contributed by atoms with Gasteiger partial charge in [0.2, 0.25) is 5.88 Å². The number of ether oxygens (including phenoxy) is 1. The van der Waals surface area contributed by atoms with Crippen LogP contribution in [0.1, 0.15) is 17.6 Å². The molecule has 0 amide bonds. The zero-order chi connectivity index (χ0) is 10.7. The standard InChI is InChI=1S/C8H8BrF2NO2/c1-14-6-2-4(8(10)11)5(3-13)7(9)12-6/h2,8,13H,3H2,1H3. The molecule has 0 unspecified atom stereocenters. The molecule has 1 aromatic rings. The number of aliphatic hydroxyl groups excluding tert-OH is 1. The predicted molar refractivity (Wildman–Crippen MR) is 49.4 cm³/mol. The Balaban J connectivity index is 3.28. The van der Waals surface area contributed by atoms with Crippen LogP contribution in [0.25, 0.3) is 0 Å². The molecule has 0 bridgehead atoms. The highest BCUT2D eigenvalue weighted by atomic mass is 79.9. The number of hydrogen-bond acceptors (Lipinski definition) is 3. The number of pyridine rings is 1. The van der Waals surface area contributed by atoms with Crippen molar-refractivity contribution in [3.63, 3.8) is 0 Å². The van der Waals surface area contributed by atoms with E-state index in [-0.39, 0.29) is 21.6 Å². The third kappa shape index (κ3) is 2.19.